The Balaban J connectivity index is 0.00000196. The van der Waals surface area contributed by atoms with E-state index in [1.807, 2.05) is 13.8 Å². The Labute approximate surface area is 95.4 Å². The number of rotatable bonds is 3. The highest BCUT2D eigenvalue weighted by Crippen LogP contribution is 2.27. The number of amides is 2. The summed E-state index contributed by atoms with van der Waals surface area (Å²) in [4.78, 5) is 22.1. The summed E-state index contributed by atoms with van der Waals surface area (Å²) in [6.07, 6.45) is 1.04. The molecule has 15 heavy (non-hydrogen) atoms. The van der Waals surface area contributed by atoms with Crippen LogP contribution in [-0.4, -0.2) is 23.4 Å². The van der Waals surface area contributed by atoms with Crippen molar-refractivity contribution < 1.29 is 9.59 Å². The predicted octanol–water partition coefficient (Wildman–Crippen LogP) is -0.474. The van der Waals surface area contributed by atoms with E-state index >= 15 is 0 Å². The average molecular weight is 236 g/mol. The minimum Gasteiger partial charge on any atom is -0.368 e. The van der Waals surface area contributed by atoms with Crippen molar-refractivity contribution in [2.45, 2.75) is 38.3 Å². The summed E-state index contributed by atoms with van der Waals surface area (Å²) >= 11 is 0. The molecule has 2 amide bonds. The fourth-order valence-electron chi connectivity index (χ4n) is 1.81. The van der Waals surface area contributed by atoms with Crippen molar-refractivity contribution in [3.63, 3.8) is 0 Å². The van der Waals surface area contributed by atoms with E-state index in [0.717, 1.165) is 0 Å². The van der Waals surface area contributed by atoms with Crippen molar-refractivity contribution >= 4 is 24.2 Å². The minimum absolute atomic E-state index is 0. The zero-order chi connectivity index (χ0) is 10.9. The molecular formula is C9H18ClN3O2. The second kappa shape index (κ2) is 4.81. The number of hydrogen-bond acceptors (Lipinski definition) is 3. The number of nitrogens with one attached hydrogen (secondary N) is 1. The van der Waals surface area contributed by atoms with E-state index in [0.29, 0.717) is 12.8 Å². The Kier molecular flexibility index (Phi) is 4.55. The molecule has 1 unspecified atom stereocenters. The van der Waals surface area contributed by atoms with Crippen molar-refractivity contribution in [2.75, 3.05) is 0 Å². The van der Waals surface area contributed by atoms with Gasteiger partial charge in [0.25, 0.3) is 0 Å². The SMILES string of the molecule is CC1(C)CC(C[C@H](N)C(N)=O)C(=O)N1.Cl. The van der Waals surface area contributed by atoms with Crippen LogP contribution in [0.15, 0.2) is 0 Å². The number of halogens is 1. The molecule has 0 saturated carbocycles. The third kappa shape index (κ3) is 3.68. The molecule has 2 atom stereocenters. The summed E-state index contributed by atoms with van der Waals surface area (Å²) in [5.41, 5.74) is 10.3. The molecule has 1 aliphatic heterocycles. The smallest absolute Gasteiger partial charge is 0.234 e. The molecule has 1 heterocycles. The van der Waals surface area contributed by atoms with Crippen LogP contribution in [0.25, 0.3) is 0 Å². The molecule has 0 aromatic rings. The second-order valence-corrected chi connectivity index (χ2v) is 4.52. The molecule has 6 heteroatoms. The van der Waals surface area contributed by atoms with Crippen LogP contribution in [0.3, 0.4) is 0 Å². The summed E-state index contributed by atoms with van der Waals surface area (Å²) in [5.74, 6) is -0.776. The molecule has 1 fully saturated rings. The minimum atomic E-state index is -0.723. The van der Waals surface area contributed by atoms with Gasteiger partial charge in [0.05, 0.1) is 6.04 Å². The third-order valence-corrected chi connectivity index (χ3v) is 2.49. The monoisotopic (exact) mass is 235 g/mol. The van der Waals surface area contributed by atoms with Gasteiger partial charge in [-0.1, -0.05) is 0 Å². The van der Waals surface area contributed by atoms with Gasteiger partial charge in [0.1, 0.15) is 0 Å². The molecule has 5 N–H and O–H groups in total. The molecule has 1 aliphatic rings. The average Bonchev–Trinajstić information content (AvgIpc) is 2.24. The van der Waals surface area contributed by atoms with Gasteiger partial charge in [-0.05, 0) is 26.7 Å². The van der Waals surface area contributed by atoms with E-state index in [1.54, 1.807) is 0 Å². The summed E-state index contributed by atoms with van der Waals surface area (Å²) in [5, 5.41) is 2.84. The van der Waals surface area contributed by atoms with Crippen LogP contribution in [0.4, 0.5) is 0 Å². The van der Waals surface area contributed by atoms with Crippen LogP contribution in [-0.2, 0) is 9.59 Å². The highest BCUT2D eigenvalue weighted by Gasteiger charge is 2.38. The van der Waals surface area contributed by atoms with Crippen LogP contribution in [0.5, 0.6) is 0 Å². The maximum absolute atomic E-state index is 11.4. The van der Waals surface area contributed by atoms with Gasteiger partial charge in [-0.2, -0.15) is 0 Å². The van der Waals surface area contributed by atoms with Gasteiger partial charge >= 0.3 is 0 Å². The first kappa shape index (κ1) is 14.2. The normalized spacial score (nSPS) is 25.3. The molecule has 88 valence electrons. The van der Waals surface area contributed by atoms with Gasteiger partial charge in [-0.25, -0.2) is 0 Å². The first-order valence-electron chi connectivity index (χ1n) is 4.69. The Hall–Kier alpha value is -0.810. The molecule has 0 radical (unpaired) electrons. The van der Waals surface area contributed by atoms with Gasteiger partial charge in [-0.3, -0.25) is 9.59 Å². The standard InChI is InChI=1S/C9H17N3O2.ClH/c1-9(2)4-5(8(14)12-9)3-6(10)7(11)13;/h5-6H,3-4,10H2,1-2H3,(H2,11,13)(H,12,14);1H/t5?,6-;/m0./s1. The lowest BCUT2D eigenvalue weighted by atomic mass is 9.92. The molecule has 5 nitrogen and oxygen atoms in total. The fraction of sp³-hybridized carbons (Fsp3) is 0.778. The highest BCUT2D eigenvalue weighted by atomic mass is 35.5. The number of primary amides is 1. The van der Waals surface area contributed by atoms with Gasteiger partial charge in [-0.15, -0.1) is 12.4 Å². The van der Waals surface area contributed by atoms with Crippen molar-refractivity contribution in [1.82, 2.24) is 5.32 Å². The van der Waals surface area contributed by atoms with Crippen molar-refractivity contribution in [3.05, 3.63) is 0 Å². The molecule has 0 bridgehead atoms. The zero-order valence-corrected chi connectivity index (χ0v) is 9.76. The molecule has 0 aromatic heterocycles. The Morgan fingerprint density at radius 2 is 2.20 bits per heavy atom. The van der Waals surface area contributed by atoms with Crippen LogP contribution >= 0.6 is 12.4 Å². The molecular weight excluding hydrogens is 218 g/mol. The maximum Gasteiger partial charge on any atom is 0.234 e. The predicted molar refractivity (Wildman–Crippen MR) is 59.4 cm³/mol. The quantitative estimate of drug-likeness (QED) is 0.617. The van der Waals surface area contributed by atoms with E-state index in [2.05, 4.69) is 5.32 Å². The molecule has 1 rings (SSSR count). The van der Waals surface area contributed by atoms with E-state index in [9.17, 15) is 9.59 Å². The topological polar surface area (TPSA) is 98.2 Å². The van der Waals surface area contributed by atoms with Crippen LogP contribution in [0.2, 0.25) is 0 Å². The van der Waals surface area contributed by atoms with Crippen molar-refractivity contribution in [2.24, 2.45) is 17.4 Å². The van der Waals surface area contributed by atoms with E-state index in [4.69, 9.17) is 11.5 Å². The lowest BCUT2D eigenvalue weighted by Crippen LogP contribution is -2.39. The second-order valence-electron chi connectivity index (χ2n) is 4.52. The zero-order valence-electron chi connectivity index (χ0n) is 8.95. The largest absolute Gasteiger partial charge is 0.368 e. The summed E-state index contributed by atoms with van der Waals surface area (Å²) in [6, 6.07) is -0.723. The Morgan fingerprint density at radius 3 is 2.53 bits per heavy atom. The fourth-order valence-corrected chi connectivity index (χ4v) is 1.81. The number of hydrogen-bond donors (Lipinski definition) is 3. The maximum atomic E-state index is 11.4. The van der Waals surface area contributed by atoms with Crippen molar-refractivity contribution in [3.8, 4) is 0 Å². The first-order valence-corrected chi connectivity index (χ1v) is 4.69. The van der Waals surface area contributed by atoms with Crippen LogP contribution < -0.4 is 16.8 Å². The molecule has 0 aromatic carbocycles. The van der Waals surface area contributed by atoms with E-state index in [1.165, 1.54) is 0 Å². The van der Waals surface area contributed by atoms with Gasteiger partial charge < -0.3 is 16.8 Å². The van der Waals surface area contributed by atoms with Crippen LogP contribution in [0, 0.1) is 5.92 Å². The van der Waals surface area contributed by atoms with Gasteiger partial charge in [0.15, 0.2) is 0 Å². The lowest BCUT2D eigenvalue weighted by molar-refractivity contribution is -0.123. The van der Waals surface area contributed by atoms with Crippen LogP contribution in [0.1, 0.15) is 26.7 Å². The highest BCUT2D eigenvalue weighted by molar-refractivity contribution is 5.85. The van der Waals surface area contributed by atoms with E-state index in [-0.39, 0.29) is 29.8 Å². The van der Waals surface area contributed by atoms with Gasteiger partial charge in [0.2, 0.25) is 11.8 Å². The third-order valence-electron chi connectivity index (χ3n) is 2.49. The summed E-state index contributed by atoms with van der Waals surface area (Å²) in [7, 11) is 0. The summed E-state index contributed by atoms with van der Waals surface area (Å²) in [6.45, 7) is 3.89. The number of carbonyl (C=O) groups excluding carboxylic acids is 2. The first-order chi connectivity index (χ1) is 6.32. The number of nitrogens with two attached hydrogens (primary N) is 2. The number of carbonyl (C=O) groups is 2. The van der Waals surface area contributed by atoms with E-state index < -0.39 is 11.9 Å². The van der Waals surface area contributed by atoms with Gasteiger partial charge in [0, 0.05) is 11.5 Å². The van der Waals surface area contributed by atoms with Crippen molar-refractivity contribution in [1.29, 1.82) is 0 Å². The summed E-state index contributed by atoms with van der Waals surface area (Å²) < 4.78 is 0. The lowest BCUT2D eigenvalue weighted by Gasteiger charge is -2.16. The Morgan fingerprint density at radius 1 is 1.67 bits per heavy atom. The molecule has 0 spiro atoms. The Bertz CT molecular complexity index is 268. The molecule has 1 saturated heterocycles. The molecule has 0 aliphatic carbocycles.